The topological polar surface area (TPSA) is 60.2 Å². The molecule has 0 spiro atoms. The summed E-state index contributed by atoms with van der Waals surface area (Å²) < 4.78 is 23.0. The number of hydrogen-bond donors (Lipinski definition) is 1. The van der Waals surface area contributed by atoms with Gasteiger partial charge in [0.15, 0.2) is 9.84 Å². The summed E-state index contributed by atoms with van der Waals surface area (Å²) in [5, 5.41) is 0.665. The van der Waals surface area contributed by atoms with E-state index in [0.29, 0.717) is 18.0 Å². The molecule has 0 aliphatic carbocycles. The van der Waals surface area contributed by atoms with Crippen molar-refractivity contribution in [2.75, 3.05) is 18.1 Å². The van der Waals surface area contributed by atoms with E-state index in [2.05, 4.69) is 0 Å². The molecule has 17 heavy (non-hydrogen) atoms. The molecule has 0 atom stereocenters. The number of nitrogens with two attached hydrogens (primary N) is 1. The Bertz CT molecular complexity index is 466. The highest BCUT2D eigenvalue weighted by Crippen LogP contribution is 2.10. The summed E-state index contributed by atoms with van der Waals surface area (Å²) in [6.07, 6.45) is 3.93. The minimum absolute atomic E-state index is 0.0512. The highest BCUT2D eigenvalue weighted by atomic mass is 35.5. The van der Waals surface area contributed by atoms with Crippen LogP contribution in [0.15, 0.2) is 30.3 Å². The van der Waals surface area contributed by atoms with Crippen molar-refractivity contribution in [1.82, 2.24) is 0 Å². The minimum atomic E-state index is -3.01. The molecule has 0 saturated carbocycles. The van der Waals surface area contributed by atoms with E-state index in [-0.39, 0.29) is 11.5 Å². The van der Waals surface area contributed by atoms with Crippen LogP contribution in [-0.2, 0) is 9.84 Å². The van der Waals surface area contributed by atoms with Gasteiger partial charge in [-0.3, -0.25) is 0 Å². The molecule has 0 amide bonds. The van der Waals surface area contributed by atoms with E-state index in [4.69, 9.17) is 17.3 Å². The fraction of sp³-hybridized carbons (Fsp3) is 0.333. The molecular formula is C12H16ClNO2S. The first-order valence-electron chi connectivity index (χ1n) is 5.36. The van der Waals surface area contributed by atoms with Gasteiger partial charge in [0.25, 0.3) is 0 Å². The maximum Gasteiger partial charge on any atom is 0.153 e. The van der Waals surface area contributed by atoms with Gasteiger partial charge in [-0.2, -0.15) is 0 Å². The Morgan fingerprint density at radius 3 is 2.47 bits per heavy atom. The normalized spacial score (nSPS) is 12.1. The Hall–Kier alpha value is -0.840. The van der Waals surface area contributed by atoms with Gasteiger partial charge in [0.1, 0.15) is 0 Å². The SMILES string of the molecule is NCCCS(=O)(=O)C/C=C/c1ccc(Cl)cc1. The smallest absolute Gasteiger partial charge is 0.153 e. The first-order chi connectivity index (χ1) is 8.03. The zero-order valence-electron chi connectivity index (χ0n) is 9.47. The third-order valence-electron chi connectivity index (χ3n) is 2.19. The Morgan fingerprint density at radius 1 is 1.24 bits per heavy atom. The molecule has 0 fully saturated rings. The van der Waals surface area contributed by atoms with Gasteiger partial charge in [0.2, 0.25) is 0 Å². The van der Waals surface area contributed by atoms with Crippen LogP contribution in [0.25, 0.3) is 6.08 Å². The average molecular weight is 274 g/mol. The van der Waals surface area contributed by atoms with Gasteiger partial charge in [0, 0.05) is 5.02 Å². The van der Waals surface area contributed by atoms with E-state index in [1.54, 1.807) is 24.3 Å². The van der Waals surface area contributed by atoms with Crippen molar-refractivity contribution in [3.8, 4) is 0 Å². The second-order valence-corrected chi connectivity index (χ2v) is 6.38. The molecule has 5 heteroatoms. The summed E-state index contributed by atoms with van der Waals surface area (Å²) >= 11 is 5.74. The number of rotatable bonds is 6. The Morgan fingerprint density at radius 2 is 1.88 bits per heavy atom. The highest BCUT2D eigenvalue weighted by molar-refractivity contribution is 7.91. The molecule has 0 bridgehead atoms. The predicted octanol–water partition coefficient (Wildman–Crippen LogP) is 2.12. The summed E-state index contributed by atoms with van der Waals surface area (Å²) in [6, 6.07) is 7.21. The zero-order chi connectivity index (χ0) is 12.7. The summed E-state index contributed by atoms with van der Waals surface area (Å²) in [7, 11) is -3.01. The lowest BCUT2D eigenvalue weighted by Gasteiger charge is -1.99. The molecule has 2 N–H and O–H groups in total. The van der Waals surface area contributed by atoms with Crippen LogP contribution >= 0.6 is 11.6 Å². The Labute approximate surface area is 107 Å². The van der Waals surface area contributed by atoms with Gasteiger partial charge in [-0.15, -0.1) is 0 Å². The Kier molecular flexibility index (Phi) is 5.68. The van der Waals surface area contributed by atoms with Crippen LogP contribution in [-0.4, -0.2) is 26.5 Å². The molecule has 1 rings (SSSR count). The van der Waals surface area contributed by atoms with Crippen molar-refractivity contribution in [1.29, 1.82) is 0 Å². The molecule has 1 aromatic carbocycles. The van der Waals surface area contributed by atoms with E-state index < -0.39 is 9.84 Å². The summed E-state index contributed by atoms with van der Waals surface area (Å²) in [5.74, 6) is 0.198. The molecule has 0 saturated heterocycles. The van der Waals surface area contributed by atoms with Crippen LogP contribution in [0.4, 0.5) is 0 Å². The number of benzene rings is 1. The van der Waals surface area contributed by atoms with E-state index >= 15 is 0 Å². The van der Waals surface area contributed by atoms with Gasteiger partial charge in [-0.05, 0) is 30.7 Å². The van der Waals surface area contributed by atoms with Crippen molar-refractivity contribution >= 4 is 27.5 Å². The van der Waals surface area contributed by atoms with Gasteiger partial charge in [0.05, 0.1) is 11.5 Å². The molecule has 0 unspecified atom stereocenters. The second kappa shape index (κ2) is 6.79. The first-order valence-corrected chi connectivity index (χ1v) is 7.56. The van der Waals surface area contributed by atoms with Gasteiger partial charge >= 0.3 is 0 Å². The second-order valence-electron chi connectivity index (χ2n) is 3.71. The summed E-state index contributed by atoms with van der Waals surface area (Å²) in [4.78, 5) is 0. The molecule has 3 nitrogen and oxygen atoms in total. The highest BCUT2D eigenvalue weighted by Gasteiger charge is 2.06. The quantitative estimate of drug-likeness (QED) is 0.864. The monoisotopic (exact) mass is 273 g/mol. The van der Waals surface area contributed by atoms with Crippen LogP contribution in [0, 0.1) is 0 Å². The maximum atomic E-state index is 11.5. The van der Waals surface area contributed by atoms with Crippen molar-refractivity contribution in [2.24, 2.45) is 5.73 Å². The summed E-state index contributed by atoms with van der Waals surface area (Å²) in [6.45, 7) is 0.403. The van der Waals surface area contributed by atoms with Crippen LogP contribution in [0.1, 0.15) is 12.0 Å². The molecule has 0 heterocycles. The molecule has 0 aliphatic rings. The van der Waals surface area contributed by atoms with Gasteiger partial charge < -0.3 is 5.73 Å². The van der Waals surface area contributed by atoms with E-state index in [1.165, 1.54) is 0 Å². The fourth-order valence-corrected chi connectivity index (χ4v) is 2.58. The molecule has 0 aliphatic heterocycles. The minimum Gasteiger partial charge on any atom is -0.330 e. The van der Waals surface area contributed by atoms with Gasteiger partial charge in [-0.25, -0.2) is 8.42 Å². The lowest BCUT2D eigenvalue weighted by molar-refractivity contribution is 0.596. The molecule has 0 radical (unpaired) electrons. The van der Waals surface area contributed by atoms with Gasteiger partial charge in [-0.1, -0.05) is 35.9 Å². The largest absolute Gasteiger partial charge is 0.330 e. The van der Waals surface area contributed by atoms with E-state index in [9.17, 15) is 8.42 Å². The van der Waals surface area contributed by atoms with Crippen LogP contribution < -0.4 is 5.73 Å². The number of halogens is 1. The predicted molar refractivity (Wildman–Crippen MR) is 72.8 cm³/mol. The standard InChI is InChI=1S/C12H16ClNO2S/c13-12-6-4-11(5-7-12)3-1-9-17(15,16)10-2-8-14/h1,3-7H,2,8-10,14H2/b3-1+. The maximum absolute atomic E-state index is 11.5. The molecule has 94 valence electrons. The Balaban J connectivity index is 2.52. The van der Waals surface area contributed by atoms with E-state index in [0.717, 1.165) is 5.56 Å². The zero-order valence-corrected chi connectivity index (χ0v) is 11.0. The fourth-order valence-electron chi connectivity index (χ4n) is 1.29. The first kappa shape index (κ1) is 14.2. The van der Waals surface area contributed by atoms with Crippen LogP contribution in [0.2, 0.25) is 5.02 Å². The van der Waals surface area contributed by atoms with Crippen LogP contribution in [0.3, 0.4) is 0 Å². The molecular weight excluding hydrogens is 258 g/mol. The number of sulfone groups is 1. The lowest BCUT2D eigenvalue weighted by atomic mass is 10.2. The summed E-state index contributed by atoms with van der Waals surface area (Å²) in [5.41, 5.74) is 6.21. The van der Waals surface area contributed by atoms with Crippen LogP contribution in [0.5, 0.6) is 0 Å². The third kappa shape index (κ3) is 5.86. The molecule has 0 aromatic heterocycles. The van der Waals surface area contributed by atoms with Crippen molar-refractivity contribution in [2.45, 2.75) is 6.42 Å². The lowest BCUT2D eigenvalue weighted by Crippen LogP contribution is -2.13. The van der Waals surface area contributed by atoms with Crippen molar-refractivity contribution < 1.29 is 8.42 Å². The van der Waals surface area contributed by atoms with E-state index in [1.807, 2.05) is 12.1 Å². The van der Waals surface area contributed by atoms with Crippen molar-refractivity contribution in [3.05, 3.63) is 40.9 Å². The van der Waals surface area contributed by atoms with Crippen molar-refractivity contribution in [3.63, 3.8) is 0 Å². The average Bonchev–Trinajstić information content (AvgIpc) is 2.29. The third-order valence-corrected chi connectivity index (χ3v) is 4.05. The number of hydrogen-bond acceptors (Lipinski definition) is 3. The molecule has 1 aromatic rings.